The molecule has 1 atom stereocenters. The molecular formula is C25H21FN4O2. The van der Waals surface area contributed by atoms with Crippen molar-refractivity contribution in [1.82, 2.24) is 4.90 Å². The average molecular weight is 428 g/mol. The molecule has 0 amide bonds. The first-order valence-corrected chi connectivity index (χ1v) is 10.6. The van der Waals surface area contributed by atoms with Gasteiger partial charge in [-0.2, -0.15) is 0 Å². The van der Waals surface area contributed by atoms with Crippen LogP contribution >= 0.6 is 0 Å². The van der Waals surface area contributed by atoms with E-state index in [1.807, 2.05) is 54.6 Å². The van der Waals surface area contributed by atoms with Crippen LogP contribution in [0.5, 0.6) is 11.5 Å². The van der Waals surface area contributed by atoms with Crippen molar-refractivity contribution in [3.63, 3.8) is 0 Å². The van der Waals surface area contributed by atoms with E-state index >= 15 is 0 Å². The lowest BCUT2D eigenvalue weighted by molar-refractivity contribution is 0.171. The molecule has 3 heterocycles. The molecule has 6 nitrogen and oxygen atoms in total. The number of amidine groups is 1. The third-order valence-electron chi connectivity index (χ3n) is 5.80. The number of nitrogens with one attached hydrogen (secondary N) is 2. The van der Waals surface area contributed by atoms with E-state index in [9.17, 15) is 4.39 Å². The number of anilines is 2. The third kappa shape index (κ3) is 3.22. The van der Waals surface area contributed by atoms with Gasteiger partial charge < -0.3 is 25.0 Å². The van der Waals surface area contributed by atoms with Crippen molar-refractivity contribution < 1.29 is 13.9 Å². The first-order chi connectivity index (χ1) is 15.8. The van der Waals surface area contributed by atoms with Crippen LogP contribution in [0, 0.1) is 5.82 Å². The summed E-state index contributed by atoms with van der Waals surface area (Å²) in [5, 5.41) is 6.85. The molecule has 0 saturated carbocycles. The fourth-order valence-corrected chi connectivity index (χ4v) is 4.28. The summed E-state index contributed by atoms with van der Waals surface area (Å²) in [5.41, 5.74) is 4.46. The highest BCUT2D eigenvalue weighted by molar-refractivity contribution is 6.09. The Morgan fingerprint density at radius 3 is 2.69 bits per heavy atom. The molecule has 0 bridgehead atoms. The number of para-hydroxylation sites is 1. The summed E-state index contributed by atoms with van der Waals surface area (Å²) < 4.78 is 25.9. The van der Waals surface area contributed by atoms with Crippen LogP contribution in [0.3, 0.4) is 0 Å². The molecule has 32 heavy (non-hydrogen) atoms. The van der Waals surface area contributed by atoms with Gasteiger partial charge in [0.25, 0.3) is 0 Å². The standard InChI is InChI=1S/C25H21FN4O2/c26-19-7-3-1-5-17(19)25-29-20-8-4-2-6-18(20)21-14-24(27-15-30(21)25)28-16-9-10-22-23(13-16)32-12-11-31-22/h1-10,13-14,25,29H,11-12,15H2,(H,27,28). The molecule has 0 aromatic heterocycles. The highest BCUT2D eigenvalue weighted by Crippen LogP contribution is 2.41. The van der Waals surface area contributed by atoms with E-state index in [2.05, 4.69) is 21.6 Å². The molecule has 3 aromatic carbocycles. The van der Waals surface area contributed by atoms with E-state index in [-0.39, 0.29) is 12.0 Å². The second-order valence-electron chi connectivity index (χ2n) is 7.78. The Labute approximate surface area is 185 Å². The van der Waals surface area contributed by atoms with Crippen molar-refractivity contribution in [3.8, 4) is 11.5 Å². The molecule has 1 unspecified atom stereocenters. The number of halogens is 1. The number of fused-ring (bicyclic) bond motifs is 4. The van der Waals surface area contributed by atoms with Gasteiger partial charge in [0.05, 0.1) is 5.70 Å². The lowest BCUT2D eigenvalue weighted by atomic mass is 10.00. The van der Waals surface area contributed by atoms with Crippen LogP contribution in [0.1, 0.15) is 17.3 Å². The van der Waals surface area contributed by atoms with Crippen LogP contribution in [-0.2, 0) is 0 Å². The third-order valence-corrected chi connectivity index (χ3v) is 5.80. The Hall–Kier alpha value is -4.00. The number of rotatable bonds is 2. The Morgan fingerprint density at radius 2 is 1.78 bits per heavy atom. The summed E-state index contributed by atoms with van der Waals surface area (Å²) in [7, 11) is 0. The topological polar surface area (TPSA) is 58.1 Å². The fraction of sp³-hybridized carbons (Fsp3) is 0.160. The van der Waals surface area contributed by atoms with Gasteiger partial charge >= 0.3 is 0 Å². The van der Waals surface area contributed by atoms with Crippen molar-refractivity contribution in [2.24, 2.45) is 4.99 Å². The number of hydrogen-bond donors (Lipinski definition) is 2. The number of hydrogen-bond acceptors (Lipinski definition) is 6. The van der Waals surface area contributed by atoms with Crippen LogP contribution in [0.2, 0.25) is 0 Å². The van der Waals surface area contributed by atoms with Crippen LogP contribution < -0.4 is 20.1 Å². The normalized spacial score (nSPS) is 18.5. The Bertz CT molecular complexity index is 1260. The molecule has 0 aliphatic carbocycles. The molecule has 7 heteroatoms. The van der Waals surface area contributed by atoms with Gasteiger partial charge in [0.15, 0.2) is 11.5 Å². The zero-order valence-corrected chi connectivity index (χ0v) is 17.2. The van der Waals surface area contributed by atoms with Crippen molar-refractivity contribution >= 4 is 22.9 Å². The van der Waals surface area contributed by atoms with Crippen LogP contribution in [-0.4, -0.2) is 30.6 Å². The van der Waals surface area contributed by atoms with E-state index < -0.39 is 0 Å². The molecule has 0 fully saturated rings. The largest absolute Gasteiger partial charge is 0.486 e. The van der Waals surface area contributed by atoms with Gasteiger partial charge in [0.1, 0.15) is 37.7 Å². The summed E-state index contributed by atoms with van der Waals surface area (Å²) in [6.07, 6.45) is 1.66. The first kappa shape index (κ1) is 18.7. The van der Waals surface area contributed by atoms with Gasteiger partial charge in [-0.3, -0.25) is 0 Å². The molecule has 3 aliphatic rings. The maximum atomic E-state index is 14.7. The van der Waals surface area contributed by atoms with Crippen LogP contribution in [0.25, 0.3) is 5.70 Å². The minimum Gasteiger partial charge on any atom is -0.486 e. The van der Waals surface area contributed by atoms with Crippen molar-refractivity contribution in [3.05, 3.63) is 89.8 Å². The Balaban J connectivity index is 1.35. The van der Waals surface area contributed by atoms with Crippen molar-refractivity contribution in [2.75, 3.05) is 30.5 Å². The molecule has 3 aromatic rings. The zero-order chi connectivity index (χ0) is 21.5. The maximum Gasteiger partial charge on any atom is 0.163 e. The summed E-state index contributed by atoms with van der Waals surface area (Å²) in [5.74, 6) is 1.96. The smallest absolute Gasteiger partial charge is 0.163 e. The minimum absolute atomic E-state index is 0.243. The number of nitrogens with zero attached hydrogens (tertiary/aromatic N) is 2. The predicted octanol–water partition coefficient (Wildman–Crippen LogP) is 4.85. The molecule has 6 rings (SSSR count). The van der Waals surface area contributed by atoms with Gasteiger partial charge in [-0.05, 0) is 24.3 Å². The van der Waals surface area contributed by atoms with E-state index in [4.69, 9.17) is 14.5 Å². The SMILES string of the molecule is Fc1ccccc1C1Nc2ccccc2C2=CC(Nc3ccc4c(c3)OCCO4)=NCN21. The Kier molecular flexibility index (Phi) is 4.45. The number of benzene rings is 3. The van der Waals surface area contributed by atoms with Crippen LogP contribution in [0.15, 0.2) is 77.8 Å². The van der Waals surface area contributed by atoms with Crippen molar-refractivity contribution in [1.29, 1.82) is 0 Å². The fourth-order valence-electron chi connectivity index (χ4n) is 4.28. The van der Waals surface area contributed by atoms with E-state index in [0.29, 0.717) is 25.4 Å². The van der Waals surface area contributed by atoms with E-state index in [1.54, 1.807) is 6.07 Å². The Morgan fingerprint density at radius 1 is 0.969 bits per heavy atom. The lowest BCUT2D eigenvalue weighted by Crippen LogP contribution is -2.40. The number of aliphatic imine (C=N–C) groups is 1. The minimum atomic E-state index is -0.350. The van der Waals surface area contributed by atoms with E-state index in [0.717, 1.165) is 40.0 Å². The van der Waals surface area contributed by atoms with Crippen LogP contribution in [0.4, 0.5) is 15.8 Å². The highest BCUT2D eigenvalue weighted by Gasteiger charge is 2.33. The van der Waals surface area contributed by atoms with E-state index in [1.165, 1.54) is 6.07 Å². The van der Waals surface area contributed by atoms with Crippen molar-refractivity contribution in [2.45, 2.75) is 6.17 Å². The monoisotopic (exact) mass is 428 g/mol. The molecule has 0 spiro atoms. The predicted molar refractivity (Wildman–Crippen MR) is 122 cm³/mol. The van der Waals surface area contributed by atoms with Gasteiger partial charge in [-0.25, -0.2) is 9.38 Å². The molecular weight excluding hydrogens is 407 g/mol. The molecule has 3 aliphatic heterocycles. The van der Waals surface area contributed by atoms with Gasteiger partial charge in [0.2, 0.25) is 0 Å². The quantitative estimate of drug-likeness (QED) is 0.611. The molecule has 0 saturated heterocycles. The van der Waals surface area contributed by atoms with Gasteiger partial charge in [0, 0.05) is 34.6 Å². The molecule has 160 valence electrons. The molecule has 2 N–H and O–H groups in total. The van der Waals surface area contributed by atoms with Gasteiger partial charge in [-0.1, -0.05) is 36.4 Å². The maximum absolute atomic E-state index is 14.7. The summed E-state index contributed by atoms with van der Waals surface area (Å²) in [4.78, 5) is 6.80. The lowest BCUT2D eigenvalue weighted by Gasteiger charge is -2.42. The van der Waals surface area contributed by atoms with Gasteiger partial charge in [-0.15, -0.1) is 0 Å². The first-order valence-electron chi connectivity index (χ1n) is 10.6. The summed E-state index contributed by atoms with van der Waals surface area (Å²) in [6, 6.07) is 20.7. The number of ether oxygens (including phenoxy) is 2. The average Bonchev–Trinajstić information content (AvgIpc) is 2.84. The molecule has 0 radical (unpaired) electrons. The zero-order valence-electron chi connectivity index (χ0n) is 17.2. The summed E-state index contributed by atoms with van der Waals surface area (Å²) >= 11 is 0. The second kappa shape index (κ2) is 7.60. The second-order valence-corrected chi connectivity index (χ2v) is 7.78. The highest BCUT2D eigenvalue weighted by atomic mass is 19.1. The summed E-state index contributed by atoms with van der Waals surface area (Å²) in [6.45, 7) is 1.49.